The SMILES string of the molecule is CNCCOc1cc(N)nc2ccccc12. The molecule has 0 amide bonds. The van der Waals surface area contributed by atoms with Crippen molar-refractivity contribution in [3.63, 3.8) is 0 Å². The molecule has 1 aromatic heterocycles. The number of fused-ring (bicyclic) bond motifs is 1. The van der Waals surface area contributed by atoms with Gasteiger partial charge in [0.25, 0.3) is 0 Å². The summed E-state index contributed by atoms with van der Waals surface area (Å²) in [5, 5.41) is 4.02. The fourth-order valence-electron chi connectivity index (χ4n) is 1.55. The Hall–Kier alpha value is -1.81. The van der Waals surface area contributed by atoms with Gasteiger partial charge in [-0.05, 0) is 19.2 Å². The van der Waals surface area contributed by atoms with Crippen molar-refractivity contribution in [2.45, 2.75) is 0 Å². The van der Waals surface area contributed by atoms with Crippen molar-refractivity contribution in [1.29, 1.82) is 0 Å². The van der Waals surface area contributed by atoms with Gasteiger partial charge in [0.05, 0.1) is 5.52 Å². The van der Waals surface area contributed by atoms with E-state index in [0.717, 1.165) is 23.2 Å². The van der Waals surface area contributed by atoms with Gasteiger partial charge in [0, 0.05) is 18.0 Å². The van der Waals surface area contributed by atoms with Crippen LogP contribution in [0.1, 0.15) is 0 Å². The first-order valence-electron chi connectivity index (χ1n) is 5.24. The molecule has 0 aliphatic rings. The first kappa shape index (κ1) is 10.7. The number of hydrogen-bond acceptors (Lipinski definition) is 4. The van der Waals surface area contributed by atoms with Gasteiger partial charge in [-0.25, -0.2) is 4.98 Å². The van der Waals surface area contributed by atoms with Crippen LogP contribution in [-0.2, 0) is 0 Å². The fraction of sp³-hybridized carbons (Fsp3) is 0.250. The minimum atomic E-state index is 0.484. The Morgan fingerprint density at radius 2 is 2.19 bits per heavy atom. The van der Waals surface area contributed by atoms with E-state index in [9.17, 15) is 0 Å². The monoisotopic (exact) mass is 217 g/mol. The van der Waals surface area contributed by atoms with Gasteiger partial charge < -0.3 is 15.8 Å². The lowest BCUT2D eigenvalue weighted by atomic mass is 10.2. The third-order valence-corrected chi connectivity index (χ3v) is 2.31. The molecule has 0 bridgehead atoms. The predicted molar refractivity (Wildman–Crippen MR) is 65.6 cm³/mol. The molecule has 1 heterocycles. The second-order valence-electron chi connectivity index (χ2n) is 3.51. The number of benzene rings is 1. The van der Waals surface area contributed by atoms with Crippen LogP contribution >= 0.6 is 0 Å². The van der Waals surface area contributed by atoms with Gasteiger partial charge in [-0.3, -0.25) is 0 Å². The number of nitrogens with one attached hydrogen (secondary N) is 1. The first-order chi connectivity index (χ1) is 7.81. The smallest absolute Gasteiger partial charge is 0.132 e. The molecule has 84 valence electrons. The van der Waals surface area contributed by atoms with E-state index in [2.05, 4.69) is 10.3 Å². The van der Waals surface area contributed by atoms with E-state index in [1.165, 1.54) is 0 Å². The molecule has 0 saturated carbocycles. The van der Waals surface area contributed by atoms with Crippen LogP contribution in [0, 0.1) is 0 Å². The molecule has 0 atom stereocenters. The molecule has 0 radical (unpaired) electrons. The highest BCUT2D eigenvalue weighted by atomic mass is 16.5. The largest absolute Gasteiger partial charge is 0.491 e. The Balaban J connectivity index is 2.34. The van der Waals surface area contributed by atoms with E-state index in [0.29, 0.717) is 12.4 Å². The van der Waals surface area contributed by atoms with Crippen molar-refractivity contribution in [3.8, 4) is 5.75 Å². The predicted octanol–water partition coefficient (Wildman–Crippen LogP) is 1.42. The van der Waals surface area contributed by atoms with Crippen LogP contribution in [-0.4, -0.2) is 25.2 Å². The number of aromatic nitrogens is 1. The van der Waals surface area contributed by atoms with E-state index in [-0.39, 0.29) is 0 Å². The van der Waals surface area contributed by atoms with Gasteiger partial charge in [0.1, 0.15) is 18.2 Å². The van der Waals surface area contributed by atoms with E-state index in [1.807, 2.05) is 31.3 Å². The molecule has 0 unspecified atom stereocenters. The number of hydrogen-bond donors (Lipinski definition) is 2. The number of pyridine rings is 1. The lowest BCUT2D eigenvalue weighted by molar-refractivity contribution is 0.322. The molecule has 0 aliphatic heterocycles. The molecule has 4 nitrogen and oxygen atoms in total. The van der Waals surface area contributed by atoms with Crippen LogP contribution in [0.5, 0.6) is 5.75 Å². The highest BCUT2D eigenvalue weighted by Crippen LogP contribution is 2.25. The van der Waals surface area contributed by atoms with Gasteiger partial charge in [-0.2, -0.15) is 0 Å². The molecule has 0 aliphatic carbocycles. The molecule has 0 fully saturated rings. The summed E-state index contributed by atoms with van der Waals surface area (Å²) in [5.41, 5.74) is 6.59. The molecule has 16 heavy (non-hydrogen) atoms. The molecule has 1 aromatic carbocycles. The Labute approximate surface area is 94.4 Å². The van der Waals surface area contributed by atoms with Gasteiger partial charge in [-0.15, -0.1) is 0 Å². The lowest BCUT2D eigenvalue weighted by Gasteiger charge is -2.09. The zero-order valence-electron chi connectivity index (χ0n) is 9.23. The summed E-state index contributed by atoms with van der Waals surface area (Å²) in [4.78, 5) is 4.25. The van der Waals surface area contributed by atoms with Crippen LogP contribution in [0.4, 0.5) is 5.82 Å². The topological polar surface area (TPSA) is 60.2 Å². The first-order valence-corrected chi connectivity index (χ1v) is 5.24. The zero-order valence-corrected chi connectivity index (χ0v) is 9.23. The Bertz CT molecular complexity index is 485. The van der Waals surface area contributed by atoms with Gasteiger partial charge in [0.2, 0.25) is 0 Å². The third kappa shape index (κ3) is 2.23. The van der Waals surface area contributed by atoms with E-state index in [1.54, 1.807) is 6.07 Å². The van der Waals surface area contributed by atoms with Crippen molar-refractivity contribution in [2.24, 2.45) is 0 Å². The van der Waals surface area contributed by atoms with E-state index in [4.69, 9.17) is 10.5 Å². The number of rotatable bonds is 4. The highest BCUT2D eigenvalue weighted by molar-refractivity contribution is 5.86. The third-order valence-electron chi connectivity index (χ3n) is 2.31. The molecular formula is C12H15N3O. The summed E-state index contributed by atoms with van der Waals surface area (Å²) in [6.07, 6.45) is 0. The van der Waals surface area contributed by atoms with Crippen LogP contribution in [0.25, 0.3) is 10.9 Å². The maximum absolute atomic E-state index is 5.72. The number of nitrogens with zero attached hydrogens (tertiary/aromatic N) is 1. The second-order valence-corrected chi connectivity index (χ2v) is 3.51. The number of anilines is 1. The van der Waals surface area contributed by atoms with Gasteiger partial charge >= 0.3 is 0 Å². The van der Waals surface area contributed by atoms with Crippen molar-refractivity contribution >= 4 is 16.7 Å². The molecule has 2 aromatic rings. The highest BCUT2D eigenvalue weighted by Gasteiger charge is 2.04. The fourth-order valence-corrected chi connectivity index (χ4v) is 1.55. The maximum Gasteiger partial charge on any atom is 0.132 e. The van der Waals surface area contributed by atoms with E-state index < -0.39 is 0 Å². The number of likely N-dealkylation sites (N-methyl/N-ethyl adjacent to an activating group) is 1. The van der Waals surface area contributed by atoms with Gasteiger partial charge in [0.15, 0.2) is 0 Å². The Morgan fingerprint density at radius 3 is 3.00 bits per heavy atom. The summed E-state index contributed by atoms with van der Waals surface area (Å²) in [6, 6.07) is 9.57. The number of para-hydroxylation sites is 1. The summed E-state index contributed by atoms with van der Waals surface area (Å²) in [6.45, 7) is 1.42. The summed E-state index contributed by atoms with van der Waals surface area (Å²) < 4.78 is 5.66. The number of nitrogens with two attached hydrogens (primary N) is 1. The second kappa shape index (κ2) is 4.81. The normalized spacial score (nSPS) is 10.6. The summed E-state index contributed by atoms with van der Waals surface area (Å²) in [7, 11) is 1.89. The maximum atomic E-state index is 5.72. The summed E-state index contributed by atoms with van der Waals surface area (Å²) >= 11 is 0. The molecule has 4 heteroatoms. The average molecular weight is 217 g/mol. The number of ether oxygens (including phenoxy) is 1. The van der Waals surface area contributed by atoms with Gasteiger partial charge in [-0.1, -0.05) is 12.1 Å². The number of nitrogen functional groups attached to an aromatic ring is 1. The molecule has 3 N–H and O–H groups in total. The zero-order chi connectivity index (χ0) is 11.4. The molecule has 0 saturated heterocycles. The standard InChI is InChI=1S/C12H15N3O/c1-14-6-7-16-11-8-12(13)15-10-5-3-2-4-9(10)11/h2-5,8,14H,6-7H2,1H3,(H2,13,15). The minimum absolute atomic E-state index is 0.484. The Morgan fingerprint density at radius 1 is 1.38 bits per heavy atom. The lowest BCUT2D eigenvalue weighted by Crippen LogP contribution is -2.16. The molecular weight excluding hydrogens is 202 g/mol. The molecule has 0 spiro atoms. The summed E-state index contributed by atoms with van der Waals surface area (Å²) in [5.74, 6) is 1.27. The quantitative estimate of drug-likeness (QED) is 0.760. The van der Waals surface area contributed by atoms with Crippen molar-refractivity contribution in [1.82, 2.24) is 10.3 Å². The van der Waals surface area contributed by atoms with Crippen molar-refractivity contribution < 1.29 is 4.74 Å². The van der Waals surface area contributed by atoms with Crippen LogP contribution in [0.3, 0.4) is 0 Å². The minimum Gasteiger partial charge on any atom is -0.491 e. The van der Waals surface area contributed by atoms with Crippen molar-refractivity contribution in [3.05, 3.63) is 30.3 Å². The van der Waals surface area contributed by atoms with Crippen molar-refractivity contribution in [2.75, 3.05) is 25.9 Å². The van der Waals surface area contributed by atoms with Crippen LogP contribution in [0.2, 0.25) is 0 Å². The van der Waals surface area contributed by atoms with E-state index >= 15 is 0 Å². The average Bonchev–Trinajstić information content (AvgIpc) is 2.29. The molecule has 2 rings (SSSR count). The Kier molecular flexibility index (Phi) is 3.22. The van der Waals surface area contributed by atoms with Crippen LogP contribution in [0.15, 0.2) is 30.3 Å². The van der Waals surface area contributed by atoms with Crippen LogP contribution < -0.4 is 15.8 Å².